The normalized spacial score (nSPS) is 13.8. The summed E-state index contributed by atoms with van der Waals surface area (Å²) in [7, 11) is 3.42. The molecular formula is C36H70O7. The van der Waals surface area contributed by atoms with Gasteiger partial charge in [-0.15, -0.1) is 0 Å². The van der Waals surface area contributed by atoms with Gasteiger partial charge < -0.3 is 33.2 Å². The predicted molar refractivity (Wildman–Crippen MR) is 178 cm³/mol. The fraction of sp³-hybridized carbons (Fsp3) is 0.889. The van der Waals surface area contributed by atoms with Crippen LogP contribution in [0.15, 0.2) is 24.3 Å². The molecule has 0 aliphatic rings. The van der Waals surface area contributed by atoms with Gasteiger partial charge in [0.1, 0.15) is 0 Å². The molecule has 43 heavy (non-hydrogen) atoms. The Hall–Kier alpha value is -0.800. The van der Waals surface area contributed by atoms with Crippen molar-refractivity contribution < 1.29 is 33.2 Å². The molecule has 0 heterocycles. The first-order chi connectivity index (χ1) is 21.1. The molecule has 0 saturated carbocycles. The average molecular weight is 615 g/mol. The van der Waals surface area contributed by atoms with Crippen molar-refractivity contribution in [2.45, 2.75) is 168 Å². The number of ether oxygens (including phenoxy) is 7. The van der Waals surface area contributed by atoms with Gasteiger partial charge >= 0.3 is 0 Å². The number of allylic oxidation sites excluding steroid dienone is 4. The fourth-order valence-corrected chi connectivity index (χ4v) is 4.97. The molecule has 0 spiro atoms. The molecular weight excluding hydrogens is 544 g/mol. The SMILES string of the molecule is CCOC(CCCCCCC/C=C\CCC(OC)OC(CC/C=C\CCCCCCCC(OCC)OCC)OC)OCC. The first-order valence-corrected chi connectivity index (χ1v) is 17.6. The second-order valence-electron chi connectivity index (χ2n) is 10.9. The van der Waals surface area contributed by atoms with Crippen LogP contribution in [0.5, 0.6) is 0 Å². The summed E-state index contributed by atoms with van der Waals surface area (Å²) in [5, 5.41) is 0. The summed E-state index contributed by atoms with van der Waals surface area (Å²) in [6.45, 7) is 11.0. The Kier molecular flexibility index (Phi) is 33.4. The molecule has 2 atom stereocenters. The van der Waals surface area contributed by atoms with E-state index in [0.29, 0.717) is 26.4 Å². The van der Waals surface area contributed by atoms with Crippen LogP contribution in [0.4, 0.5) is 0 Å². The Morgan fingerprint density at radius 3 is 1.05 bits per heavy atom. The third-order valence-electron chi connectivity index (χ3n) is 7.33. The van der Waals surface area contributed by atoms with Crippen molar-refractivity contribution in [2.75, 3.05) is 40.6 Å². The molecule has 0 aliphatic carbocycles. The lowest BCUT2D eigenvalue weighted by Gasteiger charge is -2.22. The van der Waals surface area contributed by atoms with Gasteiger partial charge in [-0.25, -0.2) is 0 Å². The van der Waals surface area contributed by atoms with Crippen LogP contribution in [-0.2, 0) is 33.2 Å². The highest BCUT2D eigenvalue weighted by Gasteiger charge is 2.14. The van der Waals surface area contributed by atoms with E-state index in [9.17, 15) is 0 Å². The lowest BCUT2D eigenvalue weighted by Crippen LogP contribution is -2.25. The van der Waals surface area contributed by atoms with Gasteiger partial charge in [0.2, 0.25) is 0 Å². The van der Waals surface area contributed by atoms with Crippen molar-refractivity contribution in [1.82, 2.24) is 0 Å². The number of methoxy groups -OCH3 is 2. The smallest absolute Gasteiger partial charge is 0.160 e. The third-order valence-corrected chi connectivity index (χ3v) is 7.33. The van der Waals surface area contributed by atoms with E-state index in [0.717, 1.165) is 51.4 Å². The van der Waals surface area contributed by atoms with Gasteiger partial charge in [-0.05, 0) is 91.9 Å². The van der Waals surface area contributed by atoms with Crippen molar-refractivity contribution in [2.24, 2.45) is 0 Å². The minimum atomic E-state index is -0.242. The van der Waals surface area contributed by atoms with E-state index in [1.54, 1.807) is 14.2 Å². The van der Waals surface area contributed by atoms with Gasteiger partial charge in [0.15, 0.2) is 25.2 Å². The molecule has 0 aromatic heterocycles. The van der Waals surface area contributed by atoms with E-state index in [2.05, 4.69) is 24.3 Å². The average Bonchev–Trinajstić information content (AvgIpc) is 3.01. The van der Waals surface area contributed by atoms with E-state index >= 15 is 0 Å². The van der Waals surface area contributed by atoms with Crippen molar-refractivity contribution in [3.63, 3.8) is 0 Å². The van der Waals surface area contributed by atoms with Crippen molar-refractivity contribution in [3.8, 4) is 0 Å². The zero-order chi connectivity index (χ0) is 31.6. The van der Waals surface area contributed by atoms with Crippen LogP contribution in [0, 0.1) is 0 Å². The summed E-state index contributed by atoms with van der Waals surface area (Å²) in [6.07, 6.45) is 28.8. The molecule has 0 bridgehead atoms. The third kappa shape index (κ3) is 28.4. The molecule has 0 saturated heterocycles. The van der Waals surface area contributed by atoms with Crippen molar-refractivity contribution >= 4 is 0 Å². The quantitative estimate of drug-likeness (QED) is 0.0406. The first-order valence-electron chi connectivity index (χ1n) is 17.6. The molecule has 0 N–H and O–H groups in total. The van der Waals surface area contributed by atoms with Crippen LogP contribution < -0.4 is 0 Å². The Morgan fingerprint density at radius 1 is 0.372 bits per heavy atom. The molecule has 0 aliphatic heterocycles. The van der Waals surface area contributed by atoms with E-state index in [-0.39, 0.29) is 25.2 Å². The maximum atomic E-state index is 6.06. The standard InChI is InChI=1S/C36H70O7/c1-7-39-35(40-8-2)31-27-23-19-15-11-13-17-21-25-29-33(37-5)43-34(38-6)30-26-22-18-14-12-16-20-24-28-32-36(41-9-3)42-10-4/h17-18,21-22,33-36H,7-16,19-20,23-32H2,1-6H3/b21-17-,22-18-. The van der Waals surface area contributed by atoms with Gasteiger partial charge in [-0.1, -0.05) is 62.8 Å². The summed E-state index contributed by atoms with van der Waals surface area (Å²) >= 11 is 0. The van der Waals surface area contributed by atoms with Crippen LogP contribution in [-0.4, -0.2) is 65.8 Å². The number of hydrogen-bond donors (Lipinski definition) is 0. The zero-order valence-corrected chi connectivity index (χ0v) is 29.0. The van der Waals surface area contributed by atoms with Crippen LogP contribution in [0.25, 0.3) is 0 Å². The Bertz CT molecular complexity index is 536. The molecule has 0 aromatic carbocycles. The van der Waals surface area contributed by atoms with Gasteiger partial charge in [0.05, 0.1) is 0 Å². The lowest BCUT2D eigenvalue weighted by atomic mass is 10.1. The molecule has 0 radical (unpaired) electrons. The van der Waals surface area contributed by atoms with Gasteiger partial charge in [-0.3, -0.25) is 0 Å². The number of rotatable bonds is 34. The highest BCUT2D eigenvalue weighted by molar-refractivity contribution is 4.83. The Balaban J connectivity index is 3.82. The molecule has 0 amide bonds. The van der Waals surface area contributed by atoms with Crippen LogP contribution >= 0.6 is 0 Å². The van der Waals surface area contributed by atoms with E-state index < -0.39 is 0 Å². The maximum absolute atomic E-state index is 6.06. The molecule has 0 rings (SSSR count). The lowest BCUT2D eigenvalue weighted by molar-refractivity contribution is -0.232. The summed E-state index contributed by atoms with van der Waals surface area (Å²) in [5.41, 5.74) is 0. The van der Waals surface area contributed by atoms with Gasteiger partial charge in [-0.2, -0.15) is 0 Å². The van der Waals surface area contributed by atoms with E-state index in [1.807, 2.05) is 27.7 Å². The zero-order valence-electron chi connectivity index (χ0n) is 29.0. The Labute approximate surface area is 266 Å². The first kappa shape index (κ1) is 42.2. The highest BCUT2D eigenvalue weighted by Crippen LogP contribution is 2.15. The molecule has 7 heteroatoms. The largest absolute Gasteiger partial charge is 0.356 e. The number of hydrogen-bond acceptors (Lipinski definition) is 7. The molecule has 0 aromatic rings. The van der Waals surface area contributed by atoms with Crippen molar-refractivity contribution in [3.05, 3.63) is 24.3 Å². The second-order valence-corrected chi connectivity index (χ2v) is 10.9. The molecule has 256 valence electrons. The minimum absolute atomic E-state index is 0.0263. The van der Waals surface area contributed by atoms with Crippen molar-refractivity contribution in [1.29, 1.82) is 0 Å². The van der Waals surface area contributed by atoms with Crippen LogP contribution in [0.2, 0.25) is 0 Å². The van der Waals surface area contributed by atoms with Gasteiger partial charge in [0.25, 0.3) is 0 Å². The summed E-state index contributed by atoms with van der Waals surface area (Å²) in [6, 6.07) is 0. The van der Waals surface area contributed by atoms with E-state index in [4.69, 9.17) is 33.2 Å². The fourth-order valence-electron chi connectivity index (χ4n) is 4.97. The second kappa shape index (κ2) is 34.1. The van der Waals surface area contributed by atoms with E-state index in [1.165, 1.54) is 64.2 Å². The van der Waals surface area contributed by atoms with Crippen LogP contribution in [0.1, 0.15) is 143 Å². The number of unbranched alkanes of at least 4 members (excludes halogenated alkanes) is 10. The highest BCUT2D eigenvalue weighted by atomic mass is 16.8. The molecule has 2 unspecified atom stereocenters. The Morgan fingerprint density at radius 2 is 0.698 bits per heavy atom. The minimum Gasteiger partial charge on any atom is -0.356 e. The van der Waals surface area contributed by atoms with Gasteiger partial charge in [0, 0.05) is 53.5 Å². The van der Waals surface area contributed by atoms with Crippen LogP contribution in [0.3, 0.4) is 0 Å². The monoisotopic (exact) mass is 615 g/mol. The maximum Gasteiger partial charge on any atom is 0.160 e. The summed E-state index contributed by atoms with van der Waals surface area (Å²) in [4.78, 5) is 0. The summed E-state index contributed by atoms with van der Waals surface area (Å²) < 4.78 is 39.6. The molecule has 7 nitrogen and oxygen atoms in total. The topological polar surface area (TPSA) is 64.6 Å². The summed E-state index contributed by atoms with van der Waals surface area (Å²) in [5.74, 6) is 0. The predicted octanol–water partition coefficient (Wildman–Crippen LogP) is 9.88. The molecule has 0 fully saturated rings.